The van der Waals surface area contributed by atoms with Crippen LogP contribution in [0.3, 0.4) is 0 Å². The molecule has 20 heavy (non-hydrogen) atoms. The number of hydrogen-bond acceptors (Lipinski definition) is 3. The SMILES string of the molecule is CCOC(=O)C(C(F)F)C(O)(c1ccccc1)C(C)C. The monoisotopic (exact) mass is 286 g/mol. The largest absolute Gasteiger partial charge is 0.466 e. The van der Waals surface area contributed by atoms with Crippen molar-refractivity contribution in [3.05, 3.63) is 35.9 Å². The number of esters is 1. The number of halogens is 2. The van der Waals surface area contributed by atoms with Crippen LogP contribution in [-0.2, 0) is 15.1 Å². The molecule has 0 radical (unpaired) electrons. The lowest BCUT2D eigenvalue weighted by molar-refractivity contribution is -0.178. The fraction of sp³-hybridized carbons (Fsp3) is 0.533. The van der Waals surface area contributed by atoms with Crippen molar-refractivity contribution in [2.75, 3.05) is 6.61 Å². The summed E-state index contributed by atoms with van der Waals surface area (Å²) in [7, 11) is 0. The minimum atomic E-state index is -3.01. The molecular formula is C15H20F2O3. The molecule has 2 unspecified atom stereocenters. The molecule has 1 rings (SSSR count). The molecule has 5 heteroatoms. The summed E-state index contributed by atoms with van der Waals surface area (Å²) in [6, 6.07) is 8.06. The average molecular weight is 286 g/mol. The lowest BCUT2D eigenvalue weighted by atomic mass is 9.73. The predicted molar refractivity (Wildman–Crippen MR) is 71.3 cm³/mol. The fourth-order valence-corrected chi connectivity index (χ4v) is 2.28. The van der Waals surface area contributed by atoms with Gasteiger partial charge in [0.15, 0.2) is 5.92 Å². The van der Waals surface area contributed by atoms with Crippen molar-refractivity contribution in [2.24, 2.45) is 11.8 Å². The molecule has 0 bridgehead atoms. The lowest BCUT2D eigenvalue weighted by Crippen LogP contribution is -2.48. The van der Waals surface area contributed by atoms with Gasteiger partial charge in [-0.05, 0) is 18.4 Å². The Bertz CT molecular complexity index is 434. The van der Waals surface area contributed by atoms with Crippen LogP contribution < -0.4 is 0 Å². The van der Waals surface area contributed by atoms with Crippen molar-refractivity contribution in [1.82, 2.24) is 0 Å². The van der Waals surface area contributed by atoms with E-state index >= 15 is 0 Å². The Morgan fingerprint density at radius 2 is 1.85 bits per heavy atom. The molecule has 0 aliphatic rings. The maximum absolute atomic E-state index is 13.4. The zero-order chi connectivity index (χ0) is 15.3. The number of carbonyl (C=O) groups excluding carboxylic acids is 1. The molecule has 0 amide bonds. The normalized spacial score (nSPS) is 16.0. The summed E-state index contributed by atoms with van der Waals surface area (Å²) >= 11 is 0. The molecule has 1 aromatic carbocycles. The van der Waals surface area contributed by atoms with Gasteiger partial charge in [-0.15, -0.1) is 0 Å². The Labute approximate surface area is 117 Å². The van der Waals surface area contributed by atoms with Gasteiger partial charge in [-0.25, -0.2) is 8.78 Å². The van der Waals surface area contributed by atoms with E-state index in [0.29, 0.717) is 0 Å². The maximum Gasteiger partial charge on any atom is 0.318 e. The van der Waals surface area contributed by atoms with Crippen molar-refractivity contribution in [3.8, 4) is 0 Å². The zero-order valence-electron chi connectivity index (χ0n) is 11.8. The molecule has 0 aromatic heterocycles. The van der Waals surface area contributed by atoms with Gasteiger partial charge >= 0.3 is 5.97 Å². The number of carbonyl (C=O) groups is 1. The van der Waals surface area contributed by atoms with E-state index in [0.717, 1.165) is 0 Å². The predicted octanol–water partition coefficient (Wildman–Crippen LogP) is 2.97. The van der Waals surface area contributed by atoms with Crippen LogP contribution in [-0.4, -0.2) is 24.1 Å². The van der Waals surface area contributed by atoms with Gasteiger partial charge in [0.2, 0.25) is 0 Å². The molecule has 0 spiro atoms. The lowest BCUT2D eigenvalue weighted by Gasteiger charge is -2.38. The first-order valence-electron chi connectivity index (χ1n) is 6.58. The third kappa shape index (κ3) is 3.15. The van der Waals surface area contributed by atoms with Gasteiger partial charge in [0.25, 0.3) is 6.43 Å². The van der Waals surface area contributed by atoms with Gasteiger partial charge in [-0.2, -0.15) is 0 Å². The Morgan fingerprint density at radius 3 is 2.25 bits per heavy atom. The Kier molecular flexibility index (Phi) is 5.62. The first kappa shape index (κ1) is 16.6. The smallest absolute Gasteiger partial charge is 0.318 e. The van der Waals surface area contributed by atoms with Crippen molar-refractivity contribution in [3.63, 3.8) is 0 Å². The fourth-order valence-electron chi connectivity index (χ4n) is 2.28. The van der Waals surface area contributed by atoms with Gasteiger partial charge in [-0.1, -0.05) is 44.2 Å². The number of aliphatic hydroxyl groups is 1. The minimum absolute atomic E-state index is 0.00891. The van der Waals surface area contributed by atoms with Crippen molar-refractivity contribution < 1.29 is 23.4 Å². The molecule has 1 aromatic rings. The van der Waals surface area contributed by atoms with Crippen molar-refractivity contribution >= 4 is 5.97 Å². The molecule has 112 valence electrons. The first-order valence-corrected chi connectivity index (χ1v) is 6.58. The summed E-state index contributed by atoms with van der Waals surface area (Å²) in [5.74, 6) is -3.57. The van der Waals surface area contributed by atoms with E-state index in [4.69, 9.17) is 4.74 Å². The number of hydrogen-bond donors (Lipinski definition) is 1. The van der Waals surface area contributed by atoms with Crippen molar-refractivity contribution in [2.45, 2.75) is 32.8 Å². The first-order chi connectivity index (χ1) is 9.35. The Morgan fingerprint density at radius 1 is 1.30 bits per heavy atom. The molecule has 0 saturated heterocycles. The summed E-state index contributed by atoms with van der Waals surface area (Å²) in [5.41, 5.74) is -1.69. The molecule has 0 aliphatic carbocycles. The third-order valence-electron chi connectivity index (χ3n) is 3.38. The van der Waals surface area contributed by atoms with Crippen LogP contribution in [0, 0.1) is 11.8 Å². The van der Waals surface area contributed by atoms with E-state index in [1.54, 1.807) is 32.0 Å². The highest BCUT2D eigenvalue weighted by molar-refractivity contribution is 5.75. The van der Waals surface area contributed by atoms with Crippen LogP contribution in [0.5, 0.6) is 0 Å². The Balaban J connectivity index is 3.31. The van der Waals surface area contributed by atoms with Crippen LogP contribution >= 0.6 is 0 Å². The zero-order valence-corrected chi connectivity index (χ0v) is 11.8. The van der Waals surface area contributed by atoms with Crippen LogP contribution in [0.15, 0.2) is 30.3 Å². The van der Waals surface area contributed by atoms with Gasteiger partial charge in [-0.3, -0.25) is 4.79 Å². The van der Waals surface area contributed by atoms with E-state index in [1.807, 2.05) is 0 Å². The van der Waals surface area contributed by atoms with Gasteiger partial charge in [0, 0.05) is 0 Å². The topological polar surface area (TPSA) is 46.5 Å². The molecule has 2 atom stereocenters. The number of alkyl halides is 2. The van der Waals surface area contributed by atoms with E-state index in [-0.39, 0.29) is 12.2 Å². The summed E-state index contributed by atoms with van der Waals surface area (Å²) in [6.45, 7) is 4.73. The Hall–Kier alpha value is -1.49. The molecule has 1 N–H and O–H groups in total. The quantitative estimate of drug-likeness (QED) is 0.818. The second-order valence-corrected chi connectivity index (χ2v) is 4.91. The van der Waals surface area contributed by atoms with E-state index in [2.05, 4.69) is 0 Å². The molecular weight excluding hydrogens is 266 g/mol. The second-order valence-electron chi connectivity index (χ2n) is 4.91. The van der Waals surface area contributed by atoms with Crippen LogP contribution in [0.1, 0.15) is 26.3 Å². The summed E-state index contributed by atoms with van der Waals surface area (Å²) in [6.07, 6.45) is -3.01. The highest BCUT2D eigenvalue weighted by Crippen LogP contribution is 2.40. The van der Waals surface area contributed by atoms with E-state index in [9.17, 15) is 18.7 Å². The average Bonchev–Trinajstić information content (AvgIpc) is 2.39. The van der Waals surface area contributed by atoms with Crippen LogP contribution in [0.4, 0.5) is 8.78 Å². The van der Waals surface area contributed by atoms with Crippen LogP contribution in [0.25, 0.3) is 0 Å². The molecule has 0 aliphatic heterocycles. The molecule has 0 fully saturated rings. The van der Waals surface area contributed by atoms with E-state index < -0.39 is 29.8 Å². The summed E-state index contributed by atoms with van der Waals surface area (Å²) < 4.78 is 31.4. The van der Waals surface area contributed by atoms with Crippen LogP contribution in [0.2, 0.25) is 0 Å². The minimum Gasteiger partial charge on any atom is -0.466 e. The van der Waals surface area contributed by atoms with E-state index in [1.165, 1.54) is 19.1 Å². The summed E-state index contributed by atoms with van der Waals surface area (Å²) in [4.78, 5) is 11.8. The number of benzene rings is 1. The molecule has 3 nitrogen and oxygen atoms in total. The third-order valence-corrected chi connectivity index (χ3v) is 3.38. The highest BCUT2D eigenvalue weighted by Gasteiger charge is 2.51. The van der Waals surface area contributed by atoms with Gasteiger partial charge < -0.3 is 9.84 Å². The highest BCUT2D eigenvalue weighted by atomic mass is 19.3. The maximum atomic E-state index is 13.4. The standard InChI is InChI=1S/C15H20F2O3/c1-4-20-14(18)12(13(16)17)15(19,10(2)3)11-8-6-5-7-9-11/h5-10,12-13,19H,4H2,1-3H3. The number of ether oxygens (including phenoxy) is 1. The number of rotatable bonds is 6. The van der Waals surface area contributed by atoms with Crippen molar-refractivity contribution in [1.29, 1.82) is 0 Å². The van der Waals surface area contributed by atoms with Gasteiger partial charge in [0.05, 0.1) is 6.61 Å². The summed E-state index contributed by atoms with van der Waals surface area (Å²) in [5, 5.41) is 10.8. The molecule has 0 saturated carbocycles. The molecule has 0 heterocycles. The van der Waals surface area contributed by atoms with Gasteiger partial charge in [0.1, 0.15) is 5.60 Å². The second kappa shape index (κ2) is 6.79.